The summed E-state index contributed by atoms with van der Waals surface area (Å²) >= 11 is 0. The lowest BCUT2D eigenvalue weighted by Crippen LogP contribution is -2.13. The third-order valence-corrected chi connectivity index (χ3v) is 6.77. The zero-order chi connectivity index (χ0) is 28.5. The number of rotatable bonds is 6. The summed E-state index contributed by atoms with van der Waals surface area (Å²) in [6, 6.07) is 14.8. The smallest absolute Gasteiger partial charge is 0.135 e. The largest absolute Gasteiger partial charge is 0.253 e. The molecule has 0 bridgehead atoms. The fourth-order valence-corrected chi connectivity index (χ4v) is 4.42. The monoisotopic (exact) mass is 534 g/mol. The van der Waals surface area contributed by atoms with Crippen molar-refractivity contribution >= 4 is 0 Å². The van der Waals surface area contributed by atoms with Crippen molar-refractivity contribution in [1.82, 2.24) is 9.97 Å². The molecule has 0 spiro atoms. The molecule has 39 heavy (non-hydrogen) atoms. The van der Waals surface area contributed by atoms with Crippen LogP contribution >= 0.6 is 0 Å². The Morgan fingerprint density at radius 2 is 0.923 bits per heavy atom. The van der Waals surface area contributed by atoms with Crippen molar-refractivity contribution in [3.8, 4) is 22.5 Å². The summed E-state index contributed by atoms with van der Waals surface area (Å²) in [6.45, 7) is 12.5. The van der Waals surface area contributed by atoms with Gasteiger partial charge in [0.1, 0.15) is 23.3 Å². The highest BCUT2D eigenvalue weighted by Crippen LogP contribution is 2.31. The quantitative estimate of drug-likeness (QED) is 0.231. The molecule has 0 N–H and O–H groups in total. The van der Waals surface area contributed by atoms with Crippen LogP contribution in [0, 0.1) is 23.3 Å². The van der Waals surface area contributed by atoms with Crippen LogP contribution in [0.15, 0.2) is 60.7 Å². The molecule has 2 aromatic heterocycles. The topological polar surface area (TPSA) is 25.8 Å². The van der Waals surface area contributed by atoms with Crippen molar-refractivity contribution in [3.05, 3.63) is 106 Å². The SMILES string of the molecule is CC(C)(C)c1cc(CCCc2cc(C(C)(C)C)cc(-c3ccc(F)cc3F)n2)nc(-c2ccc(F)cc2F)c1. The van der Waals surface area contributed by atoms with Crippen LogP contribution in [-0.4, -0.2) is 9.97 Å². The molecular formula is C33H34F4N2. The van der Waals surface area contributed by atoms with Crippen LogP contribution in [0.4, 0.5) is 17.6 Å². The van der Waals surface area contributed by atoms with E-state index in [2.05, 4.69) is 41.5 Å². The van der Waals surface area contributed by atoms with Gasteiger partial charge in [0.05, 0.1) is 11.4 Å². The van der Waals surface area contributed by atoms with E-state index in [-0.39, 0.29) is 22.0 Å². The van der Waals surface area contributed by atoms with Gasteiger partial charge < -0.3 is 0 Å². The maximum absolute atomic E-state index is 14.6. The van der Waals surface area contributed by atoms with E-state index in [1.807, 2.05) is 24.3 Å². The van der Waals surface area contributed by atoms with E-state index in [0.717, 1.165) is 34.6 Å². The molecular weight excluding hydrogens is 500 g/mol. The van der Waals surface area contributed by atoms with E-state index < -0.39 is 23.3 Å². The molecule has 4 aromatic rings. The first kappa shape index (κ1) is 28.5. The van der Waals surface area contributed by atoms with Crippen molar-refractivity contribution in [2.24, 2.45) is 0 Å². The van der Waals surface area contributed by atoms with Crippen LogP contribution in [0.5, 0.6) is 0 Å². The lowest BCUT2D eigenvalue weighted by molar-refractivity contribution is 0.581. The van der Waals surface area contributed by atoms with E-state index in [1.165, 1.54) is 24.3 Å². The number of halogens is 4. The molecule has 0 fully saturated rings. The van der Waals surface area contributed by atoms with Crippen molar-refractivity contribution in [3.63, 3.8) is 0 Å². The minimum atomic E-state index is -0.650. The molecule has 2 aromatic carbocycles. The minimum Gasteiger partial charge on any atom is -0.253 e. The lowest BCUT2D eigenvalue weighted by atomic mass is 9.85. The summed E-state index contributed by atoms with van der Waals surface area (Å²) in [7, 11) is 0. The Morgan fingerprint density at radius 3 is 1.26 bits per heavy atom. The third-order valence-electron chi connectivity index (χ3n) is 6.77. The molecule has 0 atom stereocenters. The second kappa shape index (κ2) is 10.9. The standard InChI is InChI=1S/C33H34F4N2/c1-32(2,3)20-14-24(38-30(16-20)26-12-10-22(34)18-28(26)36)8-7-9-25-15-21(33(4,5)6)17-31(39-25)27-13-11-23(35)19-29(27)37/h10-19H,7-9H2,1-6H3. The summed E-state index contributed by atoms with van der Waals surface area (Å²) in [5, 5.41) is 0. The van der Waals surface area contributed by atoms with Gasteiger partial charge in [-0.1, -0.05) is 41.5 Å². The second-order valence-corrected chi connectivity index (χ2v) is 12.1. The fourth-order valence-electron chi connectivity index (χ4n) is 4.42. The zero-order valence-electron chi connectivity index (χ0n) is 23.3. The maximum atomic E-state index is 14.6. The van der Waals surface area contributed by atoms with Crippen molar-refractivity contribution in [2.45, 2.75) is 71.6 Å². The maximum Gasteiger partial charge on any atom is 0.135 e. The predicted molar refractivity (Wildman–Crippen MR) is 149 cm³/mol. The molecule has 6 heteroatoms. The van der Waals surface area contributed by atoms with Crippen LogP contribution in [-0.2, 0) is 23.7 Å². The normalized spacial score (nSPS) is 12.2. The van der Waals surface area contributed by atoms with E-state index in [1.54, 1.807) is 0 Å². The van der Waals surface area contributed by atoms with E-state index in [0.29, 0.717) is 30.7 Å². The molecule has 0 aliphatic rings. The summed E-state index contributed by atoms with van der Waals surface area (Å²) in [4.78, 5) is 9.43. The Labute approximate surface area is 228 Å². The van der Waals surface area contributed by atoms with Crippen molar-refractivity contribution < 1.29 is 17.6 Å². The van der Waals surface area contributed by atoms with Crippen molar-refractivity contribution in [2.75, 3.05) is 0 Å². The molecule has 2 nitrogen and oxygen atoms in total. The lowest BCUT2D eigenvalue weighted by Gasteiger charge is -2.22. The first-order chi connectivity index (χ1) is 18.2. The first-order valence-corrected chi connectivity index (χ1v) is 13.1. The van der Waals surface area contributed by atoms with Gasteiger partial charge in [0, 0.05) is 34.6 Å². The molecule has 0 aliphatic carbocycles. The fraction of sp³-hybridized carbons (Fsp3) is 0.333. The van der Waals surface area contributed by atoms with Gasteiger partial charge in [-0.25, -0.2) is 17.6 Å². The van der Waals surface area contributed by atoms with Gasteiger partial charge in [-0.3, -0.25) is 9.97 Å². The molecule has 0 saturated heterocycles. The highest BCUT2D eigenvalue weighted by Gasteiger charge is 2.20. The number of aryl methyl sites for hydroxylation is 2. The third kappa shape index (κ3) is 6.92. The van der Waals surface area contributed by atoms with Gasteiger partial charge in [-0.15, -0.1) is 0 Å². The van der Waals surface area contributed by atoms with Gasteiger partial charge in [-0.05, 0) is 89.8 Å². The Morgan fingerprint density at radius 1 is 0.538 bits per heavy atom. The van der Waals surface area contributed by atoms with Gasteiger partial charge in [0.15, 0.2) is 0 Å². The Balaban J connectivity index is 1.64. The molecule has 204 valence electrons. The number of hydrogen-bond donors (Lipinski definition) is 0. The van der Waals surface area contributed by atoms with Gasteiger partial charge in [-0.2, -0.15) is 0 Å². The Kier molecular flexibility index (Phi) is 7.97. The second-order valence-electron chi connectivity index (χ2n) is 12.1. The van der Waals surface area contributed by atoms with Crippen LogP contribution in [0.25, 0.3) is 22.5 Å². The van der Waals surface area contributed by atoms with E-state index in [9.17, 15) is 17.6 Å². The number of hydrogen-bond acceptors (Lipinski definition) is 2. The van der Waals surface area contributed by atoms with Crippen LogP contribution in [0.2, 0.25) is 0 Å². The molecule has 2 heterocycles. The summed E-state index contributed by atoms with van der Waals surface area (Å²) in [5.41, 5.74) is 4.69. The van der Waals surface area contributed by atoms with Crippen molar-refractivity contribution in [1.29, 1.82) is 0 Å². The molecule has 4 rings (SSSR count). The number of nitrogens with zero attached hydrogens (tertiary/aromatic N) is 2. The minimum absolute atomic E-state index is 0.195. The number of benzene rings is 2. The molecule has 0 radical (unpaired) electrons. The number of pyridine rings is 2. The van der Waals surface area contributed by atoms with Crippen LogP contribution in [0.1, 0.15) is 70.5 Å². The molecule has 0 saturated carbocycles. The van der Waals surface area contributed by atoms with Gasteiger partial charge in [0.25, 0.3) is 0 Å². The molecule has 0 aliphatic heterocycles. The molecule has 0 amide bonds. The van der Waals surface area contributed by atoms with Crippen LogP contribution < -0.4 is 0 Å². The summed E-state index contributed by atoms with van der Waals surface area (Å²) in [6.07, 6.45) is 1.93. The Bertz CT molecular complexity index is 1380. The summed E-state index contributed by atoms with van der Waals surface area (Å²) < 4.78 is 56.2. The first-order valence-electron chi connectivity index (χ1n) is 13.1. The zero-order valence-corrected chi connectivity index (χ0v) is 23.3. The highest BCUT2D eigenvalue weighted by molar-refractivity contribution is 5.62. The van der Waals surface area contributed by atoms with E-state index in [4.69, 9.17) is 9.97 Å². The number of aromatic nitrogens is 2. The van der Waals surface area contributed by atoms with Gasteiger partial charge in [0.2, 0.25) is 0 Å². The highest BCUT2D eigenvalue weighted by atomic mass is 19.1. The average molecular weight is 535 g/mol. The van der Waals surface area contributed by atoms with E-state index >= 15 is 0 Å². The summed E-state index contributed by atoms with van der Waals surface area (Å²) in [5.74, 6) is -2.56. The molecule has 0 unspecified atom stereocenters. The van der Waals surface area contributed by atoms with Gasteiger partial charge >= 0.3 is 0 Å². The average Bonchev–Trinajstić information content (AvgIpc) is 2.82. The predicted octanol–water partition coefficient (Wildman–Crippen LogP) is 9.14. The van der Waals surface area contributed by atoms with Crippen LogP contribution in [0.3, 0.4) is 0 Å². The Hall–Kier alpha value is -3.54.